The average Bonchev–Trinajstić information content (AvgIpc) is 2.49. The molecule has 4 heteroatoms. The molecule has 0 spiro atoms. The molecule has 0 unspecified atom stereocenters. The van der Waals surface area contributed by atoms with E-state index in [-0.39, 0.29) is 12.1 Å². The van der Waals surface area contributed by atoms with E-state index in [1.54, 1.807) is 13.2 Å². The highest BCUT2D eigenvalue weighted by Gasteiger charge is 2.12. The van der Waals surface area contributed by atoms with E-state index in [4.69, 9.17) is 4.74 Å². The van der Waals surface area contributed by atoms with Gasteiger partial charge in [-0.1, -0.05) is 29.8 Å². The number of amides is 2. The lowest BCUT2D eigenvalue weighted by Gasteiger charge is -2.18. The van der Waals surface area contributed by atoms with Gasteiger partial charge >= 0.3 is 6.03 Å². The SMILES string of the molecule is COc1cccc(NC(=O)N[C@H](C)c2cc(C)ccc2C)c1. The van der Waals surface area contributed by atoms with E-state index < -0.39 is 0 Å². The van der Waals surface area contributed by atoms with Crippen molar-refractivity contribution in [2.75, 3.05) is 12.4 Å². The highest BCUT2D eigenvalue weighted by atomic mass is 16.5. The Labute approximate surface area is 131 Å². The van der Waals surface area contributed by atoms with Crippen molar-refractivity contribution < 1.29 is 9.53 Å². The van der Waals surface area contributed by atoms with Crippen molar-refractivity contribution in [1.29, 1.82) is 0 Å². The second-order valence-corrected chi connectivity index (χ2v) is 5.41. The summed E-state index contributed by atoms with van der Waals surface area (Å²) in [6.45, 7) is 6.08. The third-order valence-electron chi connectivity index (χ3n) is 3.58. The average molecular weight is 298 g/mol. The van der Waals surface area contributed by atoms with E-state index in [1.807, 2.05) is 39.0 Å². The molecule has 2 amide bonds. The molecule has 0 aromatic heterocycles. The van der Waals surface area contributed by atoms with Gasteiger partial charge in [0.15, 0.2) is 0 Å². The molecule has 0 heterocycles. The summed E-state index contributed by atoms with van der Waals surface area (Å²) in [5.74, 6) is 0.709. The van der Waals surface area contributed by atoms with Crippen molar-refractivity contribution in [2.24, 2.45) is 0 Å². The van der Waals surface area contributed by atoms with Crippen molar-refractivity contribution in [2.45, 2.75) is 26.8 Å². The minimum absolute atomic E-state index is 0.0643. The van der Waals surface area contributed by atoms with Crippen LogP contribution in [0.5, 0.6) is 5.75 Å². The summed E-state index contributed by atoms with van der Waals surface area (Å²) >= 11 is 0. The zero-order chi connectivity index (χ0) is 16.1. The summed E-state index contributed by atoms with van der Waals surface area (Å²) in [6, 6.07) is 13.2. The fourth-order valence-electron chi connectivity index (χ4n) is 2.37. The number of hydrogen-bond donors (Lipinski definition) is 2. The number of hydrogen-bond acceptors (Lipinski definition) is 2. The van der Waals surface area contributed by atoms with Gasteiger partial charge in [0.1, 0.15) is 5.75 Å². The molecule has 0 aliphatic rings. The molecule has 116 valence electrons. The van der Waals surface area contributed by atoms with Crippen LogP contribution in [0.3, 0.4) is 0 Å². The highest BCUT2D eigenvalue weighted by molar-refractivity contribution is 5.89. The van der Waals surface area contributed by atoms with Crippen LogP contribution in [-0.4, -0.2) is 13.1 Å². The molecule has 0 aliphatic carbocycles. The lowest BCUT2D eigenvalue weighted by molar-refractivity contribution is 0.249. The second-order valence-electron chi connectivity index (χ2n) is 5.41. The number of benzene rings is 2. The molecule has 0 radical (unpaired) electrons. The van der Waals surface area contributed by atoms with E-state index in [9.17, 15) is 4.79 Å². The molecule has 2 aromatic rings. The van der Waals surface area contributed by atoms with Gasteiger partial charge in [-0.25, -0.2) is 4.79 Å². The predicted octanol–water partition coefficient (Wildman–Crippen LogP) is 4.19. The van der Waals surface area contributed by atoms with Crippen LogP contribution in [0.4, 0.5) is 10.5 Å². The molecule has 0 fully saturated rings. The van der Waals surface area contributed by atoms with Gasteiger partial charge in [0.05, 0.1) is 13.2 Å². The molecule has 22 heavy (non-hydrogen) atoms. The fraction of sp³-hybridized carbons (Fsp3) is 0.278. The Bertz CT molecular complexity index is 668. The quantitative estimate of drug-likeness (QED) is 0.889. The fourth-order valence-corrected chi connectivity index (χ4v) is 2.37. The third kappa shape index (κ3) is 4.01. The van der Waals surface area contributed by atoms with Crippen LogP contribution < -0.4 is 15.4 Å². The summed E-state index contributed by atoms with van der Waals surface area (Å²) in [5, 5.41) is 5.78. The molecule has 2 N–H and O–H groups in total. The van der Waals surface area contributed by atoms with Gasteiger partial charge in [0, 0.05) is 11.8 Å². The zero-order valence-electron chi connectivity index (χ0n) is 13.4. The van der Waals surface area contributed by atoms with Gasteiger partial charge in [-0.05, 0) is 44.0 Å². The normalized spacial score (nSPS) is 11.6. The monoisotopic (exact) mass is 298 g/mol. The van der Waals surface area contributed by atoms with Gasteiger partial charge in [0.2, 0.25) is 0 Å². The molecule has 0 saturated heterocycles. The first-order chi connectivity index (χ1) is 10.5. The van der Waals surface area contributed by atoms with Crippen LogP contribution in [0.1, 0.15) is 29.7 Å². The molecular weight excluding hydrogens is 276 g/mol. The lowest BCUT2D eigenvalue weighted by Crippen LogP contribution is -2.31. The molecule has 1 atom stereocenters. The van der Waals surface area contributed by atoms with E-state index >= 15 is 0 Å². The Hall–Kier alpha value is -2.49. The molecule has 2 aromatic carbocycles. The Morgan fingerprint density at radius 1 is 1.14 bits per heavy atom. The standard InChI is InChI=1S/C18H22N2O2/c1-12-8-9-13(2)17(10-12)14(3)19-18(21)20-15-6-5-7-16(11-15)22-4/h5-11,14H,1-4H3,(H2,19,20,21)/t14-/m1/s1. The van der Waals surface area contributed by atoms with Crippen LogP contribution in [-0.2, 0) is 0 Å². The lowest BCUT2D eigenvalue weighted by atomic mass is 10.0. The van der Waals surface area contributed by atoms with Crippen LogP contribution >= 0.6 is 0 Å². The van der Waals surface area contributed by atoms with Gasteiger partial charge < -0.3 is 15.4 Å². The van der Waals surface area contributed by atoms with Crippen molar-refractivity contribution in [3.63, 3.8) is 0 Å². The van der Waals surface area contributed by atoms with Crippen molar-refractivity contribution in [1.82, 2.24) is 5.32 Å². The number of anilines is 1. The van der Waals surface area contributed by atoms with E-state index in [2.05, 4.69) is 28.8 Å². The Morgan fingerprint density at radius 3 is 2.64 bits per heavy atom. The number of nitrogens with one attached hydrogen (secondary N) is 2. The Balaban J connectivity index is 2.03. The van der Waals surface area contributed by atoms with E-state index in [1.165, 1.54) is 11.1 Å². The van der Waals surface area contributed by atoms with Crippen molar-refractivity contribution >= 4 is 11.7 Å². The maximum absolute atomic E-state index is 12.1. The van der Waals surface area contributed by atoms with Crippen LogP contribution in [0.25, 0.3) is 0 Å². The first-order valence-electron chi connectivity index (χ1n) is 7.28. The first kappa shape index (κ1) is 15.9. The minimum atomic E-state index is -0.235. The molecule has 0 aliphatic heterocycles. The number of aryl methyl sites for hydroxylation is 2. The smallest absolute Gasteiger partial charge is 0.319 e. The highest BCUT2D eigenvalue weighted by Crippen LogP contribution is 2.20. The summed E-state index contributed by atoms with van der Waals surface area (Å²) in [5.41, 5.74) is 4.17. The predicted molar refractivity (Wildman–Crippen MR) is 89.5 cm³/mol. The number of carbonyl (C=O) groups excluding carboxylic acids is 1. The number of urea groups is 1. The largest absolute Gasteiger partial charge is 0.497 e. The van der Waals surface area contributed by atoms with Gasteiger partial charge in [-0.2, -0.15) is 0 Å². The van der Waals surface area contributed by atoms with Crippen LogP contribution in [0, 0.1) is 13.8 Å². The second kappa shape index (κ2) is 6.98. The third-order valence-corrected chi connectivity index (χ3v) is 3.58. The number of ether oxygens (including phenoxy) is 1. The maximum atomic E-state index is 12.1. The summed E-state index contributed by atoms with van der Waals surface area (Å²) in [4.78, 5) is 12.1. The summed E-state index contributed by atoms with van der Waals surface area (Å²) in [7, 11) is 1.60. The Morgan fingerprint density at radius 2 is 1.91 bits per heavy atom. The van der Waals surface area contributed by atoms with E-state index in [0.717, 1.165) is 5.56 Å². The molecular formula is C18H22N2O2. The molecule has 0 bridgehead atoms. The topological polar surface area (TPSA) is 50.4 Å². The maximum Gasteiger partial charge on any atom is 0.319 e. The molecule has 0 saturated carbocycles. The van der Waals surface area contributed by atoms with Crippen molar-refractivity contribution in [3.05, 3.63) is 59.2 Å². The van der Waals surface area contributed by atoms with Gasteiger partial charge in [-0.3, -0.25) is 0 Å². The summed E-state index contributed by atoms with van der Waals surface area (Å²) in [6.07, 6.45) is 0. The minimum Gasteiger partial charge on any atom is -0.497 e. The Kier molecular flexibility index (Phi) is 5.04. The van der Waals surface area contributed by atoms with E-state index in [0.29, 0.717) is 11.4 Å². The number of rotatable bonds is 4. The van der Waals surface area contributed by atoms with Crippen molar-refractivity contribution in [3.8, 4) is 5.75 Å². The summed E-state index contributed by atoms with van der Waals surface area (Å²) < 4.78 is 5.14. The zero-order valence-corrected chi connectivity index (χ0v) is 13.4. The molecule has 4 nitrogen and oxygen atoms in total. The van der Waals surface area contributed by atoms with Crippen LogP contribution in [0.2, 0.25) is 0 Å². The molecule has 2 rings (SSSR count). The number of methoxy groups -OCH3 is 1. The first-order valence-corrected chi connectivity index (χ1v) is 7.28. The van der Waals surface area contributed by atoms with Gasteiger partial charge in [-0.15, -0.1) is 0 Å². The van der Waals surface area contributed by atoms with Crippen LogP contribution in [0.15, 0.2) is 42.5 Å². The number of carbonyl (C=O) groups is 1. The van der Waals surface area contributed by atoms with Gasteiger partial charge in [0.25, 0.3) is 0 Å².